The Bertz CT molecular complexity index is 1210. The van der Waals surface area contributed by atoms with Crippen LogP contribution in [0.4, 0.5) is 0 Å². The van der Waals surface area contributed by atoms with E-state index in [4.69, 9.17) is 0 Å². The van der Waals surface area contributed by atoms with E-state index in [1.807, 2.05) is 36.5 Å². The summed E-state index contributed by atoms with van der Waals surface area (Å²) in [6.45, 7) is 0.746. The monoisotopic (exact) mass is 409 g/mol. The lowest BCUT2D eigenvalue weighted by atomic mass is 9.63. The number of carbonyl (C=O) groups excluding carboxylic acids is 2. The molecule has 1 aliphatic heterocycles. The lowest BCUT2D eigenvalue weighted by Crippen LogP contribution is -2.38. The first-order chi connectivity index (χ1) is 15.2. The van der Waals surface area contributed by atoms with Crippen LogP contribution in [0.5, 0.6) is 0 Å². The number of fused-ring (bicyclic) bond motifs is 2. The third-order valence-corrected chi connectivity index (χ3v) is 7.06. The lowest BCUT2D eigenvalue weighted by molar-refractivity contribution is -0.140. The molecule has 1 saturated heterocycles. The second-order valence-corrected chi connectivity index (χ2v) is 8.79. The molecule has 2 fully saturated rings. The van der Waals surface area contributed by atoms with Crippen LogP contribution in [0, 0.1) is 23.7 Å². The van der Waals surface area contributed by atoms with Gasteiger partial charge in [-0.1, -0.05) is 60.7 Å². The molecular weight excluding hydrogens is 386 g/mol. The maximum absolute atomic E-state index is 13.0. The van der Waals surface area contributed by atoms with Gasteiger partial charge in [-0.05, 0) is 36.3 Å². The molecule has 5 nitrogen and oxygen atoms in total. The Morgan fingerprint density at radius 1 is 0.871 bits per heavy atom. The highest BCUT2D eigenvalue weighted by atomic mass is 16.2. The van der Waals surface area contributed by atoms with E-state index >= 15 is 0 Å². The lowest BCUT2D eigenvalue weighted by Gasteiger charge is -2.37. The smallest absolute Gasteiger partial charge is 0.254 e. The van der Waals surface area contributed by atoms with Crippen LogP contribution in [0.3, 0.4) is 0 Å². The highest BCUT2D eigenvalue weighted by molar-refractivity contribution is 6.07. The Morgan fingerprint density at radius 3 is 2.19 bits per heavy atom. The molecule has 0 unspecified atom stereocenters. The SMILES string of the molecule is O=C1[C@@H]2[C@H](C(=O)N1/N=C\c1cn(Cc3ccccc3)c3ccccc13)[C@@H]1C=C[C@@H]2CC1. The van der Waals surface area contributed by atoms with E-state index in [-0.39, 0.29) is 35.5 Å². The molecule has 4 atom stereocenters. The molecule has 3 aromatic rings. The maximum Gasteiger partial charge on any atom is 0.254 e. The molecule has 5 heteroatoms. The van der Waals surface area contributed by atoms with Crippen molar-refractivity contribution in [3.63, 3.8) is 0 Å². The summed E-state index contributed by atoms with van der Waals surface area (Å²) < 4.78 is 2.18. The molecule has 0 N–H and O–H groups in total. The van der Waals surface area contributed by atoms with E-state index in [2.05, 4.69) is 46.1 Å². The Morgan fingerprint density at radius 2 is 1.52 bits per heavy atom. The number of hydrogen-bond acceptors (Lipinski definition) is 3. The molecule has 1 aromatic heterocycles. The van der Waals surface area contributed by atoms with E-state index in [9.17, 15) is 9.59 Å². The fourth-order valence-corrected chi connectivity index (χ4v) is 5.58. The van der Waals surface area contributed by atoms with Crippen LogP contribution in [0.2, 0.25) is 0 Å². The predicted octanol–water partition coefficient (Wildman–Crippen LogP) is 4.22. The molecular formula is C26H23N3O2. The Labute approximate surface area is 180 Å². The summed E-state index contributed by atoms with van der Waals surface area (Å²) in [7, 11) is 0. The number of nitrogens with zero attached hydrogens (tertiary/aromatic N) is 3. The van der Waals surface area contributed by atoms with Crippen molar-refractivity contribution in [3.05, 3.63) is 84.1 Å². The Hall–Kier alpha value is -3.47. The molecule has 2 amide bonds. The summed E-state index contributed by atoms with van der Waals surface area (Å²) >= 11 is 0. The summed E-state index contributed by atoms with van der Waals surface area (Å²) in [5, 5.41) is 6.61. The van der Waals surface area contributed by atoms with Crippen molar-refractivity contribution in [3.8, 4) is 0 Å². The highest BCUT2D eigenvalue weighted by Crippen LogP contribution is 2.49. The van der Waals surface area contributed by atoms with E-state index in [1.165, 1.54) is 5.56 Å². The fraction of sp³-hybridized carbons (Fsp3) is 0.269. The van der Waals surface area contributed by atoms with Crippen molar-refractivity contribution in [2.24, 2.45) is 28.8 Å². The van der Waals surface area contributed by atoms with Crippen molar-refractivity contribution >= 4 is 28.9 Å². The van der Waals surface area contributed by atoms with Gasteiger partial charge in [0.15, 0.2) is 0 Å². The van der Waals surface area contributed by atoms with Gasteiger partial charge in [-0.2, -0.15) is 10.1 Å². The van der Waals surface area contributed by atoms with Crippen LogP contribution in [0.25, 0.3) is 10.9 Å². The summed E-state index contributed by atoms with van der Waals surface area (Å²) in [5.74, 6) is -0.379. The molecule has 2 heterocycles. The van der Waals surface area contributed by atoms with Crippen molar-refractivity contribution in [1.29, 1.82) is 0 Å². The Kier molecular flexibility index (Phi) is 4.16. The van der Waals surface area contributed by atoms with Gasteiger partial charge < -0.3 is 4.57 Å². The van der Waals surface area contributed by atoms with E-state index in [1.54, 1.807) is 6.21 Å². The molecule has 1 saturated carbocycles. The second-order valence-electron chi connectivity index (χ2n) is 8.79. The topological polar surface area (TPSA) is 54.7 Å². The van der Waals surface area contributed by atoms with Crippen LogP contribution in [-0.2, 0) is 16.1 Å². The number of hydrazone groups is 1. The van der Waals surface area contributed by atoms with Crippen LogP contribution in [0.1, 0.15) is 24.0 Å². The standard InChI is InChI=1S/C26H23N3O2/c30-25-23-18-10-11-19(13-12-18)24(23)26(31)29(25)27-14-20-16-28(15-17-6-2-1-3-7-17)22-9-5-4-8-21(20)22/h1-11,14,16,18-19,23-24H,12-13,15H2/b27-14-/t18-,19-,23-,24+/m1/s1. The van der Waals surface area contributed by atoms with Gasteiger partial charge in [-0.15, -0.1) is 0 Å². The van der Waals surface area contributed by atoms with Gasteiger partial charge in [0.05, 0.1) is 18.1 Å². The second kappa shape index (κ2) is 7.05. The number of allylic oxidation sites excluding steroid dienone is 2. The van der Waals surface area contributed by atoms with Crippen molar-refractivity contribution in [2.45, 2.75) is 19.4 Å². The van der Waals surface area contributed by atoms with Gasteiger partial charge >= 0.3 is 0 Å². The highest BCUT2D eigenvalue weighted by Gasteiger charge is 2.56. The summed E-state index contributed by atoms with van der Waals surface area (Å²) in [4.78, 5) is 26.0. The summed E-state index contributed by atoms with van der Waals surface area (Å²) in [5.41, 5.74) is 3.22. The summed E-state index contributed by atoms with van der Waals surface area (Å²) in [6.07, 6.45) is 9.96. The van der Waals surface area contributed by atoms with Gasteiger partial charge in [-0.3, -0.25) is 9.59 Å². The first-order valence-corrected chi connectivity index (χ1v) is 10.9. The van der Waals surface area contributed by atoms with Crippen molar-refractivity contribution < 1.29 is 9.59 Å². The predicted molar refractivity (Wildman–Crippen MR) is 119 cm³/mol. The normalized spacial score (nSPS) is 27.0. The zero-order chi connectivity index (χ0) is 20.9. The molecule has 2 bridgehead atoms. The van der Waals surface area contributed by atoms with Gasteiger partial charge in [0, 0.05) is 29.2 Å². The number of para-hydroxylation sites is 1. The minimum absolute atomic E-state index is 0.140. The van der Waals surface area contributed by atoms with Crippen molar-refractivity contribution in [1.82, 2.24) is 9.58 Å². The van der Waals surface area contributed by atoms with Crippen LogP contribution in [-0.4, -0.2) is 27.6 Å². The van der Waals surface area contributed by atoms with Crippen LogP contribution in [0.15, 0.2) is 78.0 Å². The first kappa shape index (κ1) is 18.3. The largest absolute Gasteiger partial charge is 0.342 e. The quantitative estimate of drug-likeness (QED) is 0.368. The third kappa shape index (κ3) is 2.87. The minimum Gasteiger partial charge on any atom is -0.342 e. The van der Waals surface area contributed by atoms with Crippen LogP contribution >= 0.6 is 0 Å². The molecule has 7 rings (SSSR count). The first-order valence-electron chi connectivity index (χ1n) is 10.9. The zero-order valence-corrected chi connectivity index (χ0v) is 17.1. The van der Waals surface area contributed by atoms with Gasteiger partial charge in [0.1, 0.15) is 0 Å². The average molecular weight is 409 g/mol. The molecule has 3 aliphatic carbocycles. The van der Waals surface area contributed by atoms with E-state index in [0.29, 0.717) is 0 Å². The van der Waals surface area contributed by atoms with E-state index in [0.717, 1.165) is 40.9 Å². The van der Waals surface area contributed by atoms with Gasteiger partial charge in [-0.25, -0.2) is 0 Å². The molecule has 0 radical (unpaired) electrons. The number of rotatable bonds is 4. The number of hydrogen-bond donors (Lipinski definition) is 0. The molecule has 4 aliphatic rings. The number of carbonyl (C=O) groups is 2. The summed E-state index contributed by atoms with van der Waals surface area (Å²) in [6, 6.07) is 18.4. The average Bonchev–Trinajstić information content (AvgIpc) is 3.30. The molecule has 154 valence electrons. The molecule has 31 heavy (non-hydrogen) atoms. The Balaban J connectivity index is 1.33. The molecule has 2 aromatic carbocycles. The third-order valence-electron chi connectivity index (χ3n) is 7.06. The van der Waals surface area contributed by atoms with Gasteiger partial charge in [0.2, 0.25) is 0 Å². The van der Waals surface area contributed by atoms with Crippen molar-refractivity contribution in [2.75, 3.05) is 0 Å². The van der Waals surface area contributed by atoms with E-state index < -0.39 is 0 Å². The minimum atomic E-state index is -0.229. The number of benzene rings is 2. The number of aromatic nitrogens is 1. The fourth-order valence-electron chi connectivity index (χ4n) is 5.58. The molecule has 0 spiro atoms. The number of amides is 2. The number of imide groups is 1. The van der Waals surface area contributed by atoms with Gasteiger partial charge in [0.25, 0.3) is 11.8 Å². The zero-order valence-electron chi connectivity index (χ0n) is 17.1. The maximum atomic E-state index is 13.0. The van der Waals surface area contributed by atoms with Crippen LogP contribution < -0.4 is 0 Å².